The number of rotatable bonds is 3. The molecule has 6 nitrogen and oxygen atoms in total. The molecule has 0 unspecified atom stereocenters. The van der Waals surface area contributed by atoms with Gasteiger partial charge in [-0.2, -0.15) is 9.97 Å². The lowest BCUT2D eigenvalue weighted by atomic mass is 10.1. The second-order valence-electron chi connectivity index (χ2n) is 4.69. The molecule has 102 valence electrons. The molecule has 3 N–H and O–H groups in total. The van der Waals surface area contributed by atoms with E-state index in [4.69, 9.17) is 0 Å². The van der Waals surface area contributed by atoms with Crippen LogP contribution in [0.2, 0.25) is 0 Å². The first-order chi connectivity index (χ1) is 9.67. The number of aromatic nitrogens is 4. The second-order valence-corrected chi connectivity index (χ2v) is 4.69. The molecular formula is C14H16N6. The summed E-state index contributed by atoms with van der Waals surface area (Å²) in [6.45, 7) is 4.15. The number of nitrogens with zero attached hydrogens (tertiary/aromatic N) is 3. The van der Waals surface area contributed by atoms with Gasteiger partial charge in [0, 0.05) is 12.7 Å². The van der Waals surface area contributed by atoms with Crippen LogP contribution in [0.4, 0.5) is 17.5 Å². The molecule has 0 saturated carbocycles. The van der Waals surface area contributed by atoms with E-state index in [2.05, 4.69) is 56.5 Å². The molecule has 0 fully saturated rings. The van der Waals surface area contributed by atoms with Crippen molar-refractivity contribution in [3.63, 3.8) is 0 Å². The zero-order valence-corrected chi connectivity index (χ0v) is 11.7. The molecular weight excluding hydrogens is 252 g/mol. The third-order valence-electron chi connectivity index (χ3n) is 3.14. The van der Waals surface area contributed by atoms with Crippen LogP contribution in [0.5, 0.6) is 0 Å². The normalized spacial score (nSPS) is 10.8. The van der Waals surface area contributed by atoms with Gasteiger partial charge in [0.2, 0.25) is 5.95 Å². The molecule has 6 heteroatoms. The molecule has 3 rings (SSSR count). The van der Waals surface area contributed by atoms with Gasteiger partial charge >= 0.3 is 0 Å². The first-order valence-electron chi connectivity index (χ1n) is 6.40. The topological polar surface area (TPSA) is 78.5 Å². The van der Waals surface area contributed by atoms with E-state index in [-0.39, 0.29) is 0 Å². The average Bonchev–Trinajstić information content (AvgIpc) is 2.90. The van der Waals surface area contributed by atoms with E-state index in [0.717, 1.165) is 11.2 Å². The van der Waals surface area contributed by atoms with Crippen LogP contribution in [0.25, 0.3) is 11.2 Å². The van der Waals surface area contributed by atoms with E-state index < -0.39 is 0 Å². The number of hydrogen-bond donors (Lipinski definition) is 3. The molecule has 20 heavy (non-hydrogen) atoms. The standard InChI is InChI=1S/C14H16N6/c1-8-4-5-10(9(2)6-8)18-13-11-12(17-7-16-11)19-14(15-3)20-13/h4-7H,1-3H3,(H3,15,16,17,18,19,20). The summed E-state index contributed by atoms with van der Waals surface area (Å²) in [4.78, 5) is 16.0. The molecule has 2 aromatic heterocycles. The number of aryl methyl sites for hydroxylation is 2. The van der Waals surface area contributed by atoms with Gasteiger partial charge in [-0.15, -0.1) is 0 Å². The molecule has 0 amide bonds. The molecule has 0 aliphatic heterocycles. The van der Waals surface area contributed by atoms with Gasteiger partial charge in [0.1, 0.15) is 5.52 Å². The monoisotopic (exact) mass is 268 g/mol. The summed E-state index contributed by atoms with van der Waals surface area (Å²) in [5.41, 5.74) is 4.86. The highest BCUT2D eigenvalue weighted by Crippen LogP contribution is 2.25. The van der Waals surface area contributed by atoms with Gasteiger partial charge in [0.25, 0.3) is 0 Å². The van der Waals surface area contributed by atoms with Crippen molar-refractivity contribution < 1.29 is 0 Å². The predicted octanol–water partition coefficient (Wildman–Crippen LogP) is 2.76. The molecule has 1 aromatic carbocycles. The van der Waals surface area contributed by atoms with Crippen molar-refractivity contribution in [2.24, 2.45) is 0 Å². The highest BCUT2D eigenvalue weighted by atomic mass is 15.2. The number of H-pyrrole nitrogens is 1. The molecule has 0 bridgehead atoms. The Balaban J connectivity index is 2.07. The number of benzene rings is 1. The van der Waals surface area contributed by atoms with E-state index in [1.165, 1.54) is 11.1 Å². The lowest BCUT2D eigenvalue weighted by Gasteiger charge is -2.11. The Bertz CT molecular complexity index is 761. The fourth-order valence-electron chi connectivity index (χ4n) is 2.12. The van der Waals surface area contributed by atoms with Gasteiger partial charge in [0.05, 0.1) is 6.33 Å². The summed E-state index contributed by atoms with van der Waals surface area (Å²) in [6, 6.07) is 6.25. The Hall–Kier alpha value is -2.63. The summed E-state index contributed by atoms with van der Waals surface area (Å²) in [7, 11) is 1.79. The number of hydrogen-bond acceptors (Lipinski definition) is 5. The molecule has 0 aliphatic rings. The smallest absolute Gasteiger partial charge is 0.226 e. The van der Waals surface area contributed by atoms with Crippen LogP contribution < -0.4 is 10.6 Å². The van der Waals surface area contributed by atoms with Crippen LogP contribution in [-0.2, 0) is 0 Å². The largest absolute Gasteiger partial charge is 0.357 e. The molecule has 0 atom stereocenters. The minimum atomic E-state index is 0.539. The third-order valence-corrected chi connectivity index (χ3v) is 3.14. The van der Waals surface area contributed by atoms with Gasteiger partial charge in [0.15, 0.2) is 11.5 Å². The number of nitrogens with one attached hydrogen (secondary N) is 3. The van der Waals surface area contributed by atoms with E-state index >= 15 is 0 Å². The highest BCUT2D eigenvalue weighted by molar-refractivity contribution is 5.86. The SMILES string of the molecule is CNc1nc(Nc2ccc(C)cc2C)c2[nH]cnc2n1. The summed E-state index contributed by atoms with van der Waals surface area (Å²) >= 11 is 0. The zero-order chi connectivity index (χ0) is 14.1. The van der Waals surface area contributed by atoms with Crippen LogP contribution in [-0.4, -0.2) is 27.0 Å². The van der Waals surface area contributed by atoms with Crippen molar-refractivity contribution in [3.05, 3.63) is 35.7 Å². The van der Waals surface area contributed by atoms with E-state index in [1.54, 1.807) is 13.4 Å². The number of aromatic amines is 1. The molecule has 2 heterocycles. The zero-order valence-electron chi connectivity index (χ0n) is 11.7. The van der Waals surface area contributed by atoms with Crippen molar-refractivity contribution >= 4 is 28.6 Å². The Morgan fingerprint density at radius 1 is 1.15 bits per heavy atom. The number of fused-ring (bicyclic) bond motifs is 1. The quantitative estimate of drug-likeness (QED) is 0.680. The van der Waals surface area contributed by atoms with Gasteiger partial charge < -0.3 is 15.6 Å². The Kier molecular flexibility index (Phi) is 2.98. The molecule has 3 aromatic rings. The number of imidazole rings is 1. The van der Waals surface area contributed by atoms with Crippen molar-refractivity contribution in [3.8, 4) is 0 Å². The van der Waals surface area contributed by atoms with Crippen molar-refractivity contribution in [2.75, 3.05) is 17.7 Å². The second kappa shape index (κ2) is 4.80. The summed E-state index contributed by atoms with van der Waals surface area (Å²) < 4.78 is 0. The maximum Gasteiger partial charge on any atom is 0.226 e. The Labute approximate surface area is 116 Å². The maximum absolute atomic E-state index is 4.45. The van der Waals surface area contributed by atoms with Crippen LogP contribution in [0.15, 0.2) is 24.5 Å². The van der Waals surface area contributed by atoms with Gasteiger partial charge in [-0.3, -0.25) is 0 Å². The minimum Gasteiger partial charge on any atom is -0.357 e. The lowest BCUT2D eigenvalue weighted by Crippen LogP contribution is -2.02. The van der Waals surface area contributed by atoms with Crippen molar-refractivity contribution in [1.29, 1.82) is 0 Å². The molecule has 0 radical (unpaired) electrons. The van der Waals surface area contributed by atoms with Gasteiger partial charge in [-0.1, -0.05) is 17.7 Å². The summed E-state index contributed by atoms with van der Waals surface area (Å²) in [5, 5.41) is 6.28. The summed E-state index contributed by atoms with van der Waals surface area (Å²) in [5.74, 6) is 1.25. The fourth-order valence-corrected chi connectivity index (χ4v) is 2.12. The van der Waals surface area contributed by atoms with E-state index in [1.807, 2.05) is 6.07 Å². The third kappa shape index (κ3) is 2.16. The van der Waals surface area contributed by atoms with Crippen LogP contribution in [0, 0.1) is 13.8 Å². The maximum atomic E-state index is 4.45. The molecule has 0 aliphatic carbocycles. The Morgan fingerprint density at radius 2 is 2.00 bits per heavy atom. The minimum absolute atomic E-state index is 0.539. The predicted molar refractivity (Wildman–Crippen MR) is 80.4 cm³/mol. The lowest BCUT2D eigenvalue weighted by molar-refractivity contribution is 1.17. The number of anilines is 3. The first kappa shape index (κ1) is 12.4. The van der Waals surface area contributed by atoms with Crippen molar-refractivity contribution in [2.45, 2.75) is 13.8 Å². The van der Waals surface area contributed by atoms with Gasteiger partial charge in [-0.05, 0) is 25.5 Å². The van der Waals surface area contributed by atoms with Crippen LogP contribution >= 0.6 is 0 Å². The van der Waals surface area contributed by atoms with Crippen LogP contribution in [0.1, 0.15) is 11.1 Å². The highest BCUT2D eigenvalue weighted by Gasteiger charge is 2.10. The van der Waals surface area contributed by atoms with Crippen molar-refractivity contribution in [1.82, 2.24) is 19.9 Å². The molecule has 0 saturated heterocycles. The first-order valence-corrected chi connectivity index (χ1v) is 6.40. The fraction of sp³-hybridized carbons (Fsp3) is 0.214. The van der Waals surface area contributed by atoms with Gasteiger partial charge in [-0.25, -0.2) is 4.98 Å². The van der Waals surface area contributed by atoms with Crippen LogP contribution in [0.3, 0.4) is 0 Å². The van der Waals surface area contributed by atoms with E-state index in [0.29, 0.717) is 17.4 Å². The van der Waals surface area contributed by atoms with E-state index in [9.17, 15) is 0 Å². The molecule has 0 spiro atoms. The Morgan fingerprint density at radius 3 is 2.75 bits per heavy atom. The average molecular weight is 268 g/mol. The summed E-state index contributed by atoms with van der Waals surface area (Å²) in [6.07, 6.45) is 1.62.